The van der Waals surface area contributed by atoms with Crippen molar-refractivity contribution in [3.63, 3.8) is 0 Å². The van der Waals surface area contributed by atoms with E-state index < -0.39 is 0 Å². The first kappa shape index (κ1) is 22.3. The number of thiophene rings is 1. The number of carbonyl (C=O) groups excluding carboxylic acids is 2. The number of carbonyl (C=O) groups is 2. The van der Waals surface area contributed by atoms with Gasteiger partial charge in [0.1, 0.15) is 0 Å². The average Bonchev–Trinajstić information content (AvgIpc) is 3.49. The molecule has 1 atom stereocenters. The Labute approximate surface area is 191 Å². The molecule has 2 amide bonds. The Morgan fingerprint density at radius 3 is 2.53 bits per heavy atom. The van der Waals surface area contributed by atoms with Gasteiger partial charge in [0, 0.05) is 12.3 Å². The second kappa shape index (κ2) is 9.70. The highest BCUT2D eigenvalue weighted by molar-refractivity contribution is 7.12. The van der Waals surface area contributed by atoms with Gasteiger partial charge in [0.25, 0.3) is 5.91 Å². The number of methoxy groups -OCH3 is 2. The summed E-state index contributed by atoms with van der Waals surface area (Å²) in [6.07, 6.45) is 2.00. The van der Waals surface area contributed by atoms with E-state index in [1.807, 2.05) is 35.7 Å². The number of ether oxygens (including phenoxy) is 2. The van der Waals surface area contributed by atoms with Gasteiger partial charge >= 0.3 is 0 Å². The largest absolute Gasteiger partial charge is 0.493 e. The van der Waals surface area contributed by atoms with Crippen LogP contribution in [0.25, 0.3) is 0 Å². The molecule has 2 N–H and O–H groups in total. The number of likely N-dealkylation sites (tertiary alicyclic amines) is 1. The third-order valence-corrected chi connectivity index (χ3v) is 7.03. The van der Waals surface area contributed by atoms with E-state index in [1.165, 1.54) is 0 Å². The van der Waals surface area contributed by atoms with Gasteiger partial charge in [0.2, 0.25) is 5.91 Å². The number of amides is 2. The summed E-state index contributed by atoms with van der Waals surface area (Å²) in [7, 11) is 3.20. The molecule has 1 saturated heterocycles. The van der Waals surface area contributed by atoms with Crippen LogP contribution in [0.5, 0.6) is 11.5 Å². The Morgan fingerprint density at radius 2 is 1.91 bits per heavy atom. The lowest BCUT2D eigenvalue weighted by Gasteiger charge is -2.31. The normalized spacial score (nSPS) is 19.6. The standard InChI is InChI=1S/C23H28N4O4S/c1-30-19-6-5-16(12-20(19)31-2)18-13-17(21-4-3-11-32-21)25-27(18)22(28)14-26-9-7-15(8-10-26)23(24)29/h3-6,11-12,15,18H,7-10,13-14H2,1-2H3,(H2,24,29)/t18-/m1/s1. The SMILES string of the molecule is COc1ccc([C@H]2CC(c3cccs3)=NN2C(=O)CN2CCC(C(N)=O)CC2)cc1OC. The fourth-order valence-electron chi connectivity index (χ4n) is 4.29. The van der Waals surface area contributed by atoms with Crippen molar-refractivity contribution < 1.29 is 19.1 Å². The van der Waals surface area contributed by atoms with Gasteiger partial charge < -0.3 is 15.2 Å². The van der Waals surface area contributed by atoms with E-state index in [0.29, 0.717) is 43.9 Å². The van der Waals surface area contributed by atoms with Crippen LogP contribution in [0, 0.1) is 5.92 Å². The Morgan fingerprint density at radius 1 is 1.16 bits per heavy atom. The van der Waals surface area contributed by atoms with E-state index in [1.54, 1.807) is 30.6 Å². The maximum absolute atomic E-state index is 13.3. The zero-order valence-electron chi connectivity index (χ0n) is 18.3. The Kier molecular flexibility index (Phi) is 6.76. The second-order valence-corrected chi connectivity index (χ2v) is 9.00. The molecule has 0 unspecified atom stereocenters. The highest BCUT2D eigenvalue weighted by atomic mass is 32.1. The van der Waals surface area contributed by atoms with Crippen molar-refractivity contribution in [2.24, 2.45) is 16.8 Å². The zero-order chi connectivity index (χ0) is 22.7. The predicted molar refractivity (Wildman–Crippen MR) is 123 cm³/mol. The third-order valence-electron chi connectivity index (χ3n) is 6.11. The van der Waals surface area contributed by atoms with Crippen LogP contribution in [0.3, 0.4) is 0 Å². The van der Waals surface area contributed by atoms with Gasteiger partial charge in [0.15, 0.2) is 11.5 Å². The molecule has 3 heterocycles. The van der Waals surface area contributed by atoms with Crippen molar-refractivity contribution in [1.29, 1.82) is 0 Å². The number of hydrogen-bond acceptors (Lipinski definition) is 7. The third kappa shape index (κ3) is 4.63. The van der Waals surface area contributed by atoms with Gasteiger partial charge in [0.05, 0.1) is 37.4 Å². The van der Waals surface area contributed by atoms with Gasteiger partial charge in [-0.3, -0.25) is 14.5 Å². The van der Waals surface area contributed by atoms with Crippen LogP contribution in [0.4, 0.5) is 0 Å². The quantitative estimate of drug-likeness (QED) is 0.691. The van der Waals surface area contributed by atoms with Gasteiger partial charge in [-0.1, -0.05) is 12.1 Å². The molecule has 0 bridgehead atoms. The summed E-state index contributed by atoms with van der Waals surface area (Å²) in [5.41, 5.74) is 7.28. The maximum Gasteiger partial charge on any atom is 0.257 e. The molecule has 170 valence electrons. The van der Waals surface area contributed by atoms with Gasteiger partial charge in [-0.25, -0.2) is 5.01 Å². The molecule has 8 nitrogen and oxygen atoms in total. The van der Waals surface area contributed by atoms with Crippen molar-refractivity contribution in [3.8, 4) is 11.5 Å². The van der Waals surface area contributed by atoms with Gasteiger partial charge in [-0.05, 0) is 55.1 Å². The smallest absolute Gasteiger partial charge is 0.257 e. The first-order chi connectivity index (χ1) is 15.5. The fourth-order valence-corrected chi connectivity index (χ4v) is 5.01. The number of primary amides is 1. The number of piperidine rings is 1. The van der Waals surface area contributed by atoms with E-state index in [-0.39, 0.29) is 30.3 Å². The summed E-state index contributed by atoms with van der Waals surface area (Å²) in [6, 6.07) is 9.52. The van der Waals surface area contributed by atoms with Crippen LogP contribution in [0.15, 0.2) is 40.8 Å². The number of hydrogen-bond donors (Lipinski definition) is 1. The van der Waals surface area contributed by atoms with Gasteiger partial charge in [-0.15, -0.1) is 11.3 Å². The maximum atomic E-state index is 13.3. The van der Waals surface area contributed by atoms with Crippen molar-refractivity contribution in [3.05, 3.63) is 46.2 Å². The molecule has 1 aromatic heterocycles. The molecule has 32 heavy (non-hydrogen) atoms. The van der Waals surface area contributed by atoms with Crippen LogP contribution in [-0.4, -0.2) is 61.3 Å². The summed E-state index contributed by atoms with van der Waals surface area (Å²) in [5.74, 6) is 0.846. The Bertz CT molecular complexity index is 999. The van der Waals surface area contributed by atoms with E-state index in [0.717, 1.165) is 16.2 Å². The minimum absolute atomic E-state index is 0.0612. The van der Waals surface area contributed by atoms with E-state index in [9.17, 15) is 9.59 Å². The van der Waals surface area contributed by atoms with E-state index in [2.05, 4.69) is 4.90 Å². The molecule has 1 aromatic carbocycles. The molecular formula is C23H28N4O4S. The summed E-state index contributed by atoms with van der Waals surface area (Å²) in [5, 5.41) is 8.35. The average molecular weight is 457 g/mol. The van der Waals surface area contributed by atoms with Crippen LogP contribution in [-0.2, 0) is 9.59 Å². The molecule has 2 aliphatic heterocycles. The number of nitrogens with two attached hydrogens (primary N) is 1. The zero-order valence-corrected chi connectivity index (χ0v) is 19.1. The summed E-state index contributed by atoms with van der Waals surface area (Å²) in [4.78, 5) is 27.9. The van der Waals surface area contributed by atoms with E-state index in [4.69, 9.17) is 20.3 Å². The minimum Gasteiger partial charge on any atom is -0.493 e. The van der Waals surface area contributed by atoms with Crippen LogP contribution in [0.2, 0.25) is 0 Å². The molecule has 0 spiro atoms. The highest BCUT2D eigenvalue weighted by Gasteiger charge is 2.35. The van der Waals surface area contributed by atoms with Crippen molar-refractivity contribution in [2.75, 3.05) is 33.9 Å². The molecule has 0 radical (unpaired) electrons. The fraction of sp³-hybridized carbons (Fsp3) is 0.435. The van der Waals surface area contributed by atoms with Crippen LogP contribution in [0.1, 0.15) is 35.7 Å². The molecular weight excluding hydrogens is 428 g/mol. The lowest BCUT2D eigenvalue weighted by atomic mass is 9.96. The summed E-state index contributed by atoms with van der Waals surface area (Å²) < 4.78 is 10.8. The summed E-state index contributed by atoms with van der Waals surface area (Å²) >= 11 is 1.62. The first-order valence-corrected chi connectivity index (χ1v) is 11.5. The number of rotatable bonds is 7. The van der Waals surface area contributed by atoms with Gasteiger partial charge in [-0.2, -0.15) is 5.10 Å². The molecule has 2 aliphatic rings. The molecule has 2 aromatic rings. The van der Waals surface area contributed by atoms with Crippen LogP contribution >= 0.6 is 11.3 Å². The van der Waals surface area contributed by atoms with Crippen LogP contribution < -0.4 is 15.2 Å². The highest BCUT2D eigenvalue weighted by Crippen LogP contribution is 2.38. The van der Waals surface area contributed by atoms with Crippen molar-refractivity contribution in [1.82, 2.24) is 9.91 Å². The number of nitrogens with zero attached hydrogens (tertiary/aromatic N) is 3. The Hall–Kier alpha value is -2.91. The minimum atomic E-state index is -0.255. The molecule has 9 heteroatoms. The first-order valence-electron chi connectivity index (χ1n) is 10.7. The second-order valence-electron chi connectivity index (χ2n) is 8.05. The summed E-state index contributed by atoms with van der Waals surface area (Å²) in [6.45, 7) is 1.61. The molecule has 0 saturated carbocycles. The Balaban J connectivity index is 1.55. The number of benzene rings is 1. The topological polar surface area (TPSA) is 97.5 Å². The molecule has 0 aliphatic carbocycles. The lowest BCUT2D eigenvalue weighted by molar-refractivity contribution is -0.134. The van der Waals surface area contributed by atoms with Crippen molar-refractivity contribution >= 4 is 28.9 Å². The lowest BCUT2D eigenvalue weighted by Crippen LogP contribution is -2.44. The number of hydrazone groups is 1. The predicted octanol–water partition coefficient (Wildman–Crippen LogP) is 2.64. The van der Waals surface area contributed by atoms with Crippen molar-refractivity contribution in [2.45, 2.75) is 25.3 Å². The molecule has 1 fully saturated rings. The van der Waals surface area contributed by atoms with E-state index >= 15 is 0 Å². The molecule has 4 rings (SSSR count). The monoisotopic (exact) mass is 456 g/mol.